The third-order valence-electron chi connectivity index (χ3n) is 3.64. The number of nitrogens with zero attached hydrogens (tertiary/aromatic N) is 3. The minimum absolute atomic E-state index is 0.270. The highest BCUT2D eigenvalue weighted by Crippen LogP contribution is 2.29. The summed E-state index contributed by atoms with van der Waals surface area (Å²) in [6.07, 6.45) is 2.75. The van der Waals surface area contributed by atoms with E-state index in [2.05, 4.69) is 16.5 Å². The summed E-state index contributed by atoms with van der Waals surface area (Å²) >= 11 is 1.41. The molecule has 0 unspecified atom stereocenters. The molecule has 2 heterocycles. The third-order valence-corrected chi connectivity index (χ3v) is 4.18. The van der Waals surface area contributed by atoms with Gasteiger partial charge in [0.15, 0.2) is 5.16 Å². The van der Waals surface area contributed by atoms with Crippen molar-refractivity contribution in [1.29, 1.82) is 0 Å². The van der Waals surface area contributed by atoms with E-state index in [1.54, 1.807) is 6.92 Å². The molecule has 1 aliphatic heterocycles. The summed E-state index contributed by atoms with van der Waals surface area (Å²) in [6, 6.07) is 0. The summed E-state index contributed by atoms with van der Waals surface area (Å²) < 4.78 is 16.3. The molecule has 0 aliphatic carbocycles. The predicted octanol–water partition coefficient (Wildman–Crippen LogP) is 2.61. The number of thioether (sulfide) groups is 1. The number of carbonyl (C=O) groups is 1. The van der Waals surface area contributed by atoms with Crippen molar-refractivity contribution in [2.75, 3.05) is 50.7 Å². The van der Waals surface area contributed by atoms with Crippen LogP contribution in [-0.4, -0.2) is 61.7 Å². The van der Waals surface area contributed by atoms with Gasteiger partial charge in [-0.1, -0.05) is 18.3 Å². The van der Waals surface area contributed by atoms with Crippen LogP contribution in [0.4, 0.5) is 5.82 Å². The van der Waals surface area contributed by atoms with Gasteiger partial charge in [-0.3, -0.25) is 0 Å². The normalized spacial score (nSPS) is 14.8. The van der Waals surface area contributed by atoms with E-state index in [-0.39, 0.29) is 6.61 Å². The maximum Gasteiger partial charge on any atom is 0.344 e. The maximum absolute atomic E-state index is 12.7. The van der Waals surface area contributed by atoms with E-state index >= 15 is 0 Å². The van der Waals surface area contributed by atoms with E-state index in [0.29, 0.717) is 54.4 Å². The SMILES string of the molecule is C=C(OCC)c1nc(SC)nc(N2CCCOCC2)c1C(=O)OCC. The van der Waals surface area contributed by atoms with Crippen molar-refractivity contribution in [3.05, 3.63) is 17.8 Å². The van der Waals surface area contributed by atoms with Crippen LogP contribution < -0.4 is 4.90 Å². The highest BCUT2D eigenvalue weighted by molar-refractivity contribution is 7.98. The van der Waals surface area contributed by atoms with E-state index in [1.807, 2.05) is 18.1 Å². The minimum atomic E-state index is -0.467. The summed E-state index contributed by atoms with van der Waals surface area (Å²) in [4.78, 5) is 23.8. The van der Waals surface area contributed by atoms with E-state index in [9.17, 15) is 4.79 Å². The fourth-order valence-electron chi connectivity index (χ4n) is 2.54. The molecule has 7 nitrogen and oxygen atoms in total. The van der Waals surface area contributed by atoms with Crippen molar-refractivity contribution in [2.45, 2.75) is 25.4 Å². The minimum Gasteiger partial charge on any atom is -0.492 e. The maximum atomic E-state index is 12.7. The molecule has 1 aromatic heterocycles. The van der Waals surface area contributed by atoms with Crippen LogP contribution in [0.5, 0.6) is 0 Å². The van der Waals surface area contributed by atoms with Gasteiger partial charge in [-0.05, 0) is 26.5 Å². The molecular formula is C17H25N3O4S. The zero-order valence-electron chi connectivity index (χ0n) is 15.0. The molecule has 0 spiro atoms. The Morgan fingerprint density at radius 2 is 2.00 bits per heavy atom. The lowest BCUT2D eigenvalue weighted by Crippen LogP contribution is -2.30. The molecule has 25 heavy (non-hydrogen) atoms. The van der Waals surface area contributed by atoms with E-state index in [4.69, 9.17) is 14.2 Å². The van der Waals surface area contributed by atoms with Gasteiger partial charge in [0.05, 0.1) is 19.8 Å². The molecule has 0 aromatic carbocycles. The third kappa shape index (κ3) is 4.85. The van der Waals surface area contributed by atoms with E-state index in [1.165, 1.54) is 11.8 Å². The van der Waals surface area contributed by atoms with Crippen molar-refractivity contribution >= 4 is 29.3 Å². The molecule has 1 saturated heterocycles. The number of ether oxygens (including phenoxy) is 3. The zero-order valence-corrected chi connectivity index (χ0v) is 15.9. The molecule has 8 heteroatoms. The Balaban J connectivity index is 2.58. The Labute approximate surface area is 152 Å². The van der Waals surface area contributed by atoms with Crippen LogP contribution in [0.25, 0.3) is 5.76 Å². The topological polar surface area (TPSA) is 73.8 Å². The number of anilines is 1. The number of esters is 1. The number of carbonyl (C=O) groups excluding carboxylic acids is 1. The van der Waals surface area contributed by atoms with E-state index in [0.717, 1.165) is 13.0 Å². The lowest BCUT2D eigenvalue weighted by molar-refractivity contribution is 0.0524. The molecule has 1 aliphatic rings. The van der Waals surface area contributed by atoms with Crippen LogP contribution in [-0.2, 0) is 14.2 Å². The largest absolute Gasteiger partial charge is 0.492 e. The average molecular weight is 367 g/mol. The summed E-state index contributed by atoms with van der Waals surface area (Å²) in [6.45, 7) is 10.9. The van der Waals surface area contributed by atoms with Crippen molar-refractivity contribution in [1.82, 2.24) is 9.97 Å². The molecule has 1 fully saturated rings. The van der Waals surface area contributed by atoms with Gasteiger partial charge in [0, 0.05) is 19.7 Å². The number of aromatic nitrogens is 2. The Morgan fingerprint density at radius 1 is 1.24 bits per heavy atom. The van der Waals surface area contributed by atoms with Crippen LogP contribution in [0.2, 0.25) is 0 Å². The van der Waals surface area contributed by atoms with Crippen LogP contribution in [0.1, 0.15) is 36.3 Å². The quantitative estimate of drug-likeness (QED) is 0.315. The Kier molecular flexibility index (Phi) is 7.52. The monoisotopic (exact) mass is 367 g/mol. The molecule has 138 valence electrons. The molecule has 2 rings (SSSR count). The van der Waals surface area contributed by atoms with Crippen LogP contribution in [0.15, 0.2) is 11.7 Å². The fourth-order valence-corrected chi connectivity index (χ4v) is 2.90. The predicted molar refractivity (Wildman–Crippen MR) is 98.1 cm³/mol. The van der Waals surface area contributed by atoms with Crippen molar-refractivity contribution in [2.24, 2.45) is 0 Å². The second kappa shape index (κ2) is 9.62. The first-order valence-corrected chi connectivity index (χ1v) is 9.62. The van der Waals surface area contributed by atoms with Gasteiger partial charge in [0.25, 0.3) is 0 Å². The Morgan fingerprint density at radius 3 is 2.68 bits per heavy atom. The molecule has 0 amide bonds. The highest BCUT2D eigenvalue weighted by atomic mass is 32.2. The van der Waals surface area contributed by atoms with Gasteiger partial charge in [0.2, 0.25) is 0 Å². The first-order chi connectivity index (χ1) is 12.1. The summed E-state index contributed by atoms with van der Waals surface area (Å²) in [5.74, 6) is 0.431. The summed E-state index contributed by atoms with van der Waals surface area (Å²) in [5.41, 5.74) is 0.694. The molecular weight excluding hydrogens is 342 g/mol. The van der Waals surface area contributed by atoms with Crippen molar-refractivity contribution in [3.63, 3.8) is 0 Å². The first kappa shape index (κ1) is 19.5. The van der Waals surface area contributed by atoms with Gasteiger partial charge < -0.3 is 19.1 Å². The van der Waals surface area contributed by atoms with Gasteiger partial charge in [-0.2, -0.15) is 0 Å². The highest BCUT2D eigenvalue weighted by Gasteiger charge is 2.28. The van der Waals surface area contributed by atoms with Gasteiger partial charge in [-0.25, -0.2) is 14.8 Å². The summed E-state index contributed by atoms with van der Waals surface area (Å²) in [7, 11) is 0. The van der Waals surface area contributed by atoms with Crippen molar-refractivity contribution < 1.29 is 19.0 Å². The Hall–Kier alpha value is -1.80. The Bertz CT molecular complexity index is 616. The van der Waals surface area contributed by atoms with E-state index < -0.39 is 5.97 Å². The smallest absolute Gasteiger partial charge is 0.344 e. The molecule has 0 atom stereocenters. The molecule has 0 N–H and O–H groups in total. The number of hydrogen-bond acceptors (Lipinski definition) is 8. The fraction of sp³-hybridized carbons (Fsp3) is 0.588. The lowest BCUT2D eigenvalue weighted by atomic mass is 10.1. The summed E-state index contributed by atoms with van der Waals surface area (Å²) in [5, 5.41) is 0.559. The van der Waals surface area contributed by atoms with Gasteiger partial charge >= 0.3 is 5.97 Å². The van der Waals surface area contributed by atoms with Gasteiger partial charge in [-0.15, -0.1) is 0 Å². The molecule has 1 aromatic rings. The molecule has 0 radical (unpaired) electrons. The van der Waals surface area contributed by atoms with Crippen LogP contribution in [0.3, 0.4) is 0 Å². The number of hydrogen-bond donors (Lipinski definition) is 0. The first-order valence-electron chi connectivity index (χ1n) is 8.40. The molecule has 0 saturated carbocycles. The number of rotatable bonds is 7. The van der Waals surface area contributed by atoms with Gasteiger partial charge in [0.1, 0.15) is 22.8 Å². The van der Waals surface area contributed by atoms with Crippen LogP contribution >= 0.6 is 11.8 Å². The lowest BCUT2D eigenvalue weighted by Gasteiger charge is -2.24. The zero-order chi connectivity index (χ0) is 18.2. The molecule has 0 bridgehead atoms. The average Bonchev–Trinajstić information content (AvgIpc) is 2.90. The second-order valence-electron chi connectivity index (χ2n) is 5.29. The van der Waals surface area contributed by atoms with Crippen LogP contribution in [0, 0.1) is 0 Å². The standard InChI is InChI=1S/C17H25N3O4S/c1-5-23-12(3)14-13(16(21)24-6-2)15(19-17(18-14)25-4)20-8-7-10-22-11-9-20/h3,5-11H2,1-2,4H3. The van der Waals surface area contributed by atoms with Crippen molar-refractivity contribution in [3.8, 4) is 0 Å². The second-order valence-corrected chi connectivity index (χ2v) is 6.06.